The van der Waals surface area contributed by atoms with Gasteiger partial charge in [0.05, 0.1) is 7.11 Å². The summed E-state index contributed by atoms with van der Waals surface area (Å²) in [6, 6.07) is 6.34. The van der Waals surface area contributed by atoms with Crippen LogP contribution in [0, 0.1) is 0 Å². The molecule has 2 rings (SSSR count). The minimum absolute atomic E-state index is 0.677. The Morgan fingerprint density at radius 2 is 2.25 bits per heavy atom. The van der Waals surface area contributed by atoms with Crippen LogP contribution in [0.5, 0.6) is 5.75 Å². The first-order valence-electron chi connectivity index (χ1n) is 4.48. The molecule has 1 atom stereocenters. The van der Waals surface area contributed by atoms with Gasteiger partial charge in [0.15, 0.2) is 0 Å². The third kappa shape index (κ3) is 1.01. The van der Waals surface area contributed by atoms with E-state index in [1.165, 1.54) is 24.0 Å². The predicted octanol–water partition coefficient (Wildman–Crippen LogP) is 2.74. The maximum Gasteiger partial charge on any atom is 0.122 e. The minimum atomic E-state index is 0.677. The number of benzene rings is 1. The summed E-state index contributed by atoms with van der Waals surface area (Å²) in [7, 11) is 1.75. The number of methoxy groups -OCH3 is 1. The van der Waals surface area contributed by atoms with Crippen molar-refractivity contribution in [2.45, 2.75) is 25.7 Å². The van der Waals surface area contributed by atoms with E-state index in [9.17, 15) is 0 Å². The van der Waals surface area contributed by atoms with E-state index in [0.717, 1.165) is 5.75 Å². The predicted molar refractivity (Wildman–Crippen MR) is 49.7 cm³/mol. The van der Waals surface area contributed by atoms with Crippen molar-refractivity contribution in [3.63, 3.8) is 0 Å². The van der Waals surface area contributed by atoms with Crippen molar-refractivity contribution in [1.82, 2.24) is 0 Å². The largest absolute Gasteiger partial charge is 0.496 e. The van der Waals surface area contributed by atoms with Crippen LogP contribution in [0.25, 0.3) is 0 Å². The average molecular weight is 162 g/mol. The summed E-state index contributed by atoms with van der Waals surface area (Å²) in [6.07, 6.45) is 2.49. The molecule has 0 saturated carbocycles. The molecule has 0 radical (unpaired) electrons. The number of aryl methyl sites for hydroxylation is 1. The second-order valence-corrected chi connectivity index (χ2v) is 3.47. The molecule has 0 aromatic heterocycles. The second kappa shape index (κ2) is 2.81. The summed E-state index contributed by atoms with van der Waals surface area (Å²) >= 11 is 0. The fraction of sp³-hybridized carbons (Fsp3) is 0.455. The maximum atomic E-state index is 5.33. The molecule has 1 aliphatic rings. The lowest BCUT2D eigenvalue weighted by Gasteiger charge is -2.09. The fourth-order valence-electron chi connectivity index (χ4n) is 2.06. The van der Waals surface area contributed by atoms with Crippen molar-refractivity contribution < 1.29 is 4.74 Å². The molecular weight excluding hydrogens is 148 g/mol. The fourth-order valence-corrected chi connectivity index (χ4v) is 2.06. The van der Waals surface area contributed by atoms with E-state index in [4.69, 9.17) is 4.74 Å². The minimum Gasteiger partial charge on any atom is -0.496 e. The Morgan fingerprint density at radius 1 is 1.42 bits per heavy atom. The van der Waals surface area contributed by atoms with Crippen LogP contribution >= 0.6 is 0 Å². The van der Waals surface area contributed by atoms with E-state index < -0.39 is 0 Å². The second-order valence-electron chi connectivity index (χ2n) is 3.47. The van der Waals surface area contributed by atoms with Crippen LogP contribution in [0.4, 0.5) is 0 Å². The number of hydrogen-bond acceptors (Lipinski definition) is 1. The molecule has 0 heterocycles. The van der Waals surface area contributed by atoms with Gasteiger partial charge >= 0.3 is 0 Å². The SMILES string of the molecule is COc1cccc2c1C(C)CC2. The summed E-state index contributed by atoms with van der Waals surface area (Å²) in [5.74, 6) is 1.74. The topological polar surface area (TPSA) is 9.23 Å². The zero-order valence-electron chi connectivity index (χ0n) is 7.63. The molecule has 0 bridgehead atoms. The maximum absolute atomic E-state index is 5.33. The number of hydrogen-bond donors (Lipinski definition) is 0. The highest BCUT2D eigenvalue weighted by atomic mass is 16.5. The van der Waals surface area contributed by atoms with E-state index in [0.29, 0.717) is 5.92 Å². The van der Waals surface area contributed by atoms with Crippen molar-refractivity contribution in [2.24, 2.45) is 0 Å². The Morgan fingerprint density at radius 3 is 3.00 bits per heavy atom. The summed E-state index contributed by atoms with van der Waals surface area (Å²) in [4.78, 5) is 0. The van der Waals surface area contributed by atoms with Gasteiger partial charge in [0.1, 0.15) is 5.75 Å². The van der Waals surface area contributed by atoms with Crippen LogP contribution in [-0.4, -0.2) is 7.11 Å². The van der Waals surface area contributed by atoms with E-state index in [-0.39, 0.29) is 0 Å². The highest BCUT2D eigenvalue weighted by Gasteiger charge is 2.21. The summed E-state index contributed by atoms with van der Waals surface area (Å²) in [6.45, 7) is 2.27. The van der Waals surface area contributed by atoms with Gasteiger partial charge in [-0.3, -0.25) is 0 Å². The van der Waals surface area contributed by atoms with Gasteiger partial charge in [-0.25, -0.2) is 0 Å². The first-order valence-corrected chi connectivity index (χ1v) is 4.48. The van der Waals surface area contributed by atoms with Gasteiger partial charge in [0.2, 0.25) is 0 Å². The summed E-state index contributed by atoms with van der Waals surface area (Å²) in [5, 5.41) is 0. The quantitative estimate of drug-likeness (QED) is 0.617. The van der Waals surface area contributed by atoms with Crippen molar-refractivity contribution in [2.75, 3.05) is 7.11 Å². The van der Waals surface area contributed by atoms with Crippen LogP contribution in [0.15, 0.2) is 18.2 Å². The smallest absolute Gasteiger partial charge is 0.122 e. The molecule has 0 amide bonds. The molecule has 0 saturated heterocycles. The lowest BCUT2D eigenvalue weighted by atomic mass is 10.0. The Balaban J connectivity index is 2.53. The van der Waals surface area contributed by atoms with Crippen LogP contribution in [-0.2, 0) is 6.42 Å². The summed E-state index contributed by atoms with van der Waals surface area (Å²) in [5.41, 5.74) is 2.90. The highest BCUT2D eigenvalue weighted by molar-refractivity contribution is 5.45. The molecule has 1 aromatic rings. The molecule has 1 heteroatoms. The van der Waals surface area contributed by atoms with Crippen molar-refractivity contribution in [3.8, 4) is 5.75 Å². The summed E-state index contributed by atoms with van der Waals surface area (Å²) < 4.78 is 5.33. The van der Waals surface area contributed by atoms with E-state index in [1.807, 2.05) is 0 Å². The first-order chi connectivity index (χ1) is 5.83. The standard InChI is InChI=1S/C11H14O/c1-8-6-7-9-4-3-5-10(12-2)11(8)9/h3-5,8H,6-7H2,1-2H3. The van der Waals surface area contributed by atoms with E-state index in [1.54, 1.807) is 7.11 Å². The highest BCUT2D eigenvalue weighted by Crippen LogP contribution is 2.38. The number of ether oxygens (including phenoxy) is 1. The first kappa shape index (κ1) is 7.66. The molecule has 1 unspecified atom stereocenters. The molecule has 1 aliphatic carbocycles. The molecule has 1 nitrogen and oxygen atoms in total. The Kier molecular flexibility index (Phi) is 1.80. The number of rotatable bonds is 1. The van der Waals surface area contributed by atoms with Crippen molar-refractivity contribution in [3.05, 3.63) is 29.3 Å². The monoisotopic (exact) mass is 162 g/mol. The van der Waals surface area contributed by atoms with Gasteiger partial charge < -0.3 is 4.74 Å². The number of fused-ring (bicyclic) bond motifs is 1. The zero-order chi connectivity index (χ0) is 8.55. The zero-order valence-corrected chi connectivity index (χ0v) is 7.63. The van der Waals surface area contributed by atoms with Gasteiger partial charge in [-0.15, -0.1) is 0 Å². The van der Waals surface area contributed by atoms with Gasteiger partial charge in [-0.05, 0) is 30.4 Å². The van der Waals surface area contributed by atoms with Crippen molar-refractivity contribution >= 4 is 0 Å². The lowest BCUT2D eigenvalue weighted by Crippen LogP contribution is -1.93. The van der Waals surface area contributed by atoms with E-state index >= 15 is 0 Å². The third-order valence-corrected chi connectivity index (χ3v) is 2.72. The van der Waals surface area contributed by atoms with Crippen LogP contribution < -0.4 is 4.74 Å². The molecule has 0 aliphatic heterocycles. The van der Waals surface area contributed by atoms with Gasteiger partial charge in [0.25, 0.3) is 0 Å². The van der Waals surface area contributed by atoms with Gasteiger partial charge in [-0.2, -0.15) is 0 Å². The lowest BCUT2D eigenvalue weighted by molar-refractivity contribution is 0.407. The molecule has 0 fully saturated rings. The van der Waals surface area contributed by atoms with Crippen LogP contribution in [0.2, 0.25) is 0 Å². The Hall–Kier alpha value is -0.980. The third-order valence-electron chi connectivity index (χ3n) is 2.72. The molecule has 12 heavy (non-hydrogen) atoms. The molecule has 0 spiro atoms. The molecule has 1 aromatic carbocycles. The molecular formula is C11H14O. The normalized spacial score (nSPS) is 20.7. The Labute approximate surface area is 73.4 Å². The molecule has 64 valence electrons. The molecule has 0 N–H and O–H groups in total. The van der Waals surface area contributed by atoms with Gasteiger partial charge in [-0.1, -0.05) is 19.1 Å². The van der Waals surface area contributed by atoms with E-state index in [2.05, 4.69) is 25.1 Å². The Bertz CT molecular complexity index is 291. The van der Waals surface area contributed by atoms with Crippen LogP contribution in [0.1, 0.15) is 30.4 Å². The van der Waals surface area contributed by atoms with Crippen molar-refractivity contribution in [1.29, 1.82) is 0 Å². The van der Waals surface area contributed by atoms with Gasteiger partial charge in [0, 0.05) is 5.56 Å². The average Bonchev–Trinajstić information content (AvgIpc) is 2.48. The van der Waals surface area contributed by atoms with Crippen LogP contribution in [0.3, 0.4) is 0 Å².